The molecule has 2 aliphatic rings. The molecule has 0 aromatic heterocycles. The molecular formula is C16H20FNO4. The Labute approximate surface area is 128 Å². The summed E-state index contributed by atoms with van der Waals surface area (Å²) in [7, 11) is 0. The number of benzene rings is 1. The highest BCUT2D eigenvalue weighted by Crippen LogP contribution is 2.44. The molecule has 0 bridgehead atoms. The number of likely N-dealkylation sites (tertiary alicyclic amines) is 1. The normalized spacial score (nSPS) is 22.6. The molecule has 120 valence electrons. The number of ether oxygens (including phenoxy) is 2. The molecule has 0 radical (unpaired) electrons. The molecule has 1 unspecified atom stereocenters. The molecule has 1 aromatic rings. The summed E-state index contributed by atoms with van der Waals surface area (Å²) < 4.78 is 24.5. The third-order valence-corrected chi connectivity index (χ3v) is 3.83. The Bertz CT molecular complexity index is 605. The summed E-state index contributed by atoms with van der Waals surface area (Å²) in [6.07, 6.45) is -0.843. The lowest BCUT2D eigenvalue weighted by Gasteiger charge is -2.52. The van der Waals surface area contributed by atoms with Gasteiger partial charge in [0.15, 0.2) is 0 Å². The fourth-order valence-electron chi connectivity index (χ4n) is 2.91. The van der Waals surface area contributed by atoms with E-state index in [-0.39, 0.29) is 6.09 Å². The molecule has 2 heterocycles. The molecule has 1 atom stereocenters. The second kappa shape index (κ2) is 4.84. The predicted octanol–water partition coefficient (Wildman–Crippen LogP) is 2.63. The van der Waals surface area contributed by atoms with Gasteiger partial charge in [0, 0.05) is 12.0 Å². The maximum Gasteiger partial charge on any atom is 0.410 e. The van der Waals surface area contributed by atoms with Gasteiger partial charge in [0.25, 0.3) is 0 Å². The zero-order chi connectivity index (χ0) is 16.1. The first kappa shape index (κ1) is 15.1. The van der Waals surface area contributed by atoms with Crippen LogP contribution in [0.4, 0.5) is 9.18 Å². The van der Waals surface area contributed by atoms with Crippen molar-refractivity contribution in [2.45, 2.75) is 44.5 Å². The van der Waals surface area contributed by atoms with E-state index in [0.717, 1.165) is 0 Å². The molecule has 6 heteroatoms. The molecule has 5 nitrogen and oxygen atoms in total. The van der Waals surface area contributed by atoms with E-state index in [4.69, 9.17) is 9.47 Å². The van der Waals surface area contributed by atoms with E-state index in [1.807, 2.05) is 20.8 Å². The minimum atomic E-state index is -0.791. The van der Waals surface area contributed by atoms with Crippen molar-refractivity contribution in [1.82, 2.24) is 4.90 Å². The standard InChI is InChI=1S/C16H20FNO4/c1-15(2,3)22-14(20)18-8-16(9-18)7-12(19)11-6-10(17)4-5-13(11)21-16/h4-6,12,19H,7-9H2,1-3H3. The second-order valence-corrected chi connectivity index (χ2v) is 7.02. The Morgan fingerprint density at radius 2 is 2.14 bits per heavy atom. The Balaban J connectivity index is 1.69. The number of aliphatic hydroxyl groups excluding tert-OH is 1. The van der Waals surface area contributed by atoms with E-state index in [1.54, 1.807) is 4.90 Å². The maximum absolute atomic E-state index is 13.2. The molecule has 1 amide bonds. The Morgan fingerprint density at radius 1 is 1.45 bits per heavy atom. The van der Waals surface area contributed by atoms with Crippen molar-refractivity contribution in [3.8, 4) is 5.75 Å². The predicted molar refractivity (Wildman–Crippen MR) is 77.1 cm³/mol. The van der Waals surface area contributed by atoms with Crippen LogP contribution in [0.1, 0.15) is 38.9 Å². The molecule has 2 aliphatic heterocycles. The molecule has 1 saturated heterocycles. The van der Waals surface area contributed by atoms with Gasteiger partial charge in [0.2, 0.25) is 0 Å². The van der Waals surface area contributed by atoms with Gasteiger partial charge in [-0.2, -0.15) is 0 Å². The average Bonchev–Trinajstić information content (AvgIpc) is 2.34. The smallest absolute Gasteiger partial charge is 0.410 e. The van der Waals surface area contributed by atoms with Gasteiger partial charge < -0.3 is 19.5 Å². The highest BCUT2D eigenvalue weighted by Gasteiger charge is 2.52. The van der Waals surface area contributed by atoms with Gasteiger partial charge in [-0.1, -0.05) is 0 Å². The van der Waals surface area contributed by atoms with Gasteiger partial charge >= 0.3 is 6.09 Å². The highest BCUT2D eigenvalue weighted by molar-refractivity contribution is 5.70. The lowest BCUT2D eigenvalue weighted by Crippen LogP contribution is -2.68. The zero-order valence-electron chi connectivity index (χ0n) is 12.9. The molecule has 1 fully saturated rings. The topological polar surface area (TPSA) is 59.0 Å². The van der Waals surface area contributed by atoms with Crippen molar-refractivity contribution in [3.63, 3.8) is 0 Å². The van der Waals surface area contributed by atoms with Crippen LogP contribution in [-0.2, 0) is 4.74 Å². The van der Waals surface area contributed by atoms with E-state index < -0.39 is 23.1 Å². The van der Waals surface area contributed by atoms with Gasteiger partial charge in [0.1, 0.15) is 22.8 Å². The zero-order valence-corrected chi connectivity index (χ0v) is 12.9. The summed E-state index contributed by atoms with van der Waals surface area (Å²) in [5.41, 5.74) is -0.695. The van der Waals surface area contributed by atoms with Crippen molar-refractivity contribution in [1.29, 1.82) is 0 Å². The van der Waals surface area contributed by atoms with Crippen LogP contribution in [0.2, 0.25) is 0 Å². The number of carbonyl (C=O) groups excluding carboxylic acids is 1. The van der Waals surface area contributed by atoms with Crippen LogP contribution in [0.5, 0.6) is 5.75 Å². The quantitative estimate of drug-likeness (QED) is 0.800. The van der Waals surface area contributed by atoms with Crippen LogP contribution < -0.4 is 4.74 Å². The van der Waals surface area contributed by atoms with Crippen molar-refractivity contribution < 1.29 is 23.8 Å². The molecule has 0 aliphatic carbocycles. The van der Waals surface area contributed by atoms with Gasteiger partial charge in [-0.25, -0.2) is 9.18 Å². The van der Waals surface area contributed by atoms with Crippen molar-refractivity contribution in [2.75, 3.05) is 13.1 Å². The number of hydrogen-bond acceptors (Lipinski definition) is 4. The van der Waals surface area contributed by atoms with Gasteiger partial charge in [-0.15, -0.1) is 0 Å². The Kier molecular flexibility index (Phi) is 3.32. The summed E-state index contributed by atoms with van der Waals surface area (Å²) in [4.78, 5) is 13.5. The van der Waals surface area contributed by atoms with E-state index in [9.17, 15) is 14.3 Å². The number of halogens is 1. The minimum Gasteiger partial charge on any atom is -0.483 e. The molecule has 3 rings (SSSR count). The second-order valence-electron chi connectivity index (χ2n) is 7.02. The van der Waals surface area contributed by atoms with E-state index in [0.29, 0.717) is 30.8 Å². The van der Waals surface area contributed by atoms with Crippen LogP contribution in [0.3, 0.4) is 0 Å². The van der Waals surface area contributed by atoms with Crippen LogP contribution in [0.15, 0.2) is 18.2 Å². The third kappa shape index (κ3) is 2.75. The van der Waals surface area contributed by atoms with Crippen LogP contribution >= 0.6 is 0 Å². The van der Waals surface area contributed by atoms with Gasteiger partial charge in [0.05, 0.1) is 19.2 Å². The lowest BCUT2D eigenvalue weighted by molar-refractivity contribution is -0.114. The fourth-order valence-corrected chi connectivity index (χ4v) is 2.91. The highest BCUT2D eigenvalue weighted by atomic mass is 19.1. The molecule has 22 heavy (non-hydrogen) atoms. The number of hydrogen-bond donors (Lipinski definition) is 1. The molecule has 1 aromatic carbocycles. The number of fused-ring (bicyclic) bond motifs is 1. The monoisotopic (exact) mass is 309 g/mol. The van der Waals surface area contributed by atoms with Crippen LogP contribution in [-0.4, -0.2) is 40.4 Å². The third-order valence-electron chi connectivity index (χ3n) is 3.83. The average molecular weight is 309 g/mol. The number of carbonyl (C=O) groups is 1. The van der Waals surface area contributed by atoms with Crippen LogP contribution in [0, 0.1) is 5.82 Å². The van der Waals surface area contributed by atoms with Crippen LogP contribution in [0.25, 0.3) is 0 Å². The number of aliphatic hydroxyl groups is 1. The summed E-state index contributed by atoms with van der Waals surface area (Å²) >= 11 is 0. The van der Waals surface area contributed by atoms with Crippen molar-refractivity contribution in [2.24, 2.45) is 0 Å². The molecule has 0 saturated carbocycles. The van der Waals surface area contributed by atoms with Gasteiger partial charge in [-0.05, 0) is 39.0 Å². The summed E-state index contributed by atoms with van der Waals surface area (Å²) in [5.74, 6) is 0.0744. The minimum absolute atomic E-state index is 0.336. The SMILES string of the molecule is CC(C)(C)OC(=O)N1CC2(CC(O)c3cc(F)ccc3O2)C1. The van der Waals surface area contributed by atoms with E-state index >= 15 is 0 Å². The van der Waals surface area contributed by atoms with E-state index in [1.165, 1.54) is 18.2 Å². The molecule has 1 N–H and O–H groups in total. The fraction of sp³-hybridized carbons (Fsp3) is 0.562. The van der Waals surface area contributed by atoms with Crippen molar-refractivity contribution >= 4 is 6.09 Å². The summed E-state index contributed by atoms with van der Waals surface area (Å²) in [6.45, 7) is 6.15. The first-order valence-corrected chi connectivity index (χ1v) is 7.32. The largest absolute Gasteiger partial charge is 0.483 e. The van der Waals surface area contributed by atoms with Gasteiger partial charge in [-0.3, -0.25) is 0 Å². The lowest BCUT2D eigenvalue weighted by atomic mass is 9.83. The summed E-state index contributed by atoms with van der Waals surface area (Å²) in [5, 5.41) is 10.2. The first-order valence-electron chi connectivity index (χ1n) is 7.32. The Morgan fingerprint density at radius 3 is 2.77 bits per heavy atom. The van der Waals surface area contributed by atoms with E-state index in [2.05, 4.69) is 0 Å². The molecular weight excluding hydrogens is 289 g/mol. The first-order chi connectivity index (χ1) is 10.2. The number of nitrogens with zero attached hydrogens (tertiary/aromatic N) is 1. The van der Waals surface area contributed by atoms with Crippen molar-refractivity contribution in [3.05, 3.63) is 29.6 Å². The maximum atomic E-state index is 13.2. The number of amides is 1. The Hall–Kier alpha value is -1.82. The summed E-state index contributed by atoms with van der Waals surface area (Å²) in [6, 6.07) is 4.11. The molecule has 1 spiro atoms. The number of rotatable bonds is 0.